The molecule has 17 rings (SSSR count). The van der Waals surface area contributed by atoms with Gasteiger partial charge < -0.3 is 34.8 Å². The van der Waals surface area contributed by atoms with E-state index in [2.05, 4.69) is 89.0 Å². The Morgan fingerprint density at radius 2 is 0.757 bits per heavy atom. The zero-order chi connectivity index (χ0) is 78.0. The quantitative estimate of drug-likeness (QED) is 0.108. The molecule has 3 amide bonds. The lowest BCUT2D eigenvalue weighted by Crippen LogP contribution is -2.59. The molecule has 25 heteroatoms. The molecule has 0 atom stereocenters. The second-order valence-corrected chi connectivity index (χ2v) is 35.1. The number of nitrogens with one attached hydrogen (secondary N) is 2. The number of H-pyrrole nitrogens is 1. The van der Waals surface area contributed by atoms with E-state index >= 15 is 0 Å². The third kappa shape index (κ3) is 16.6. The van der Waals surface area contributed by atoms with Crippen LogP contribution in [0.2, 0.25) is 5.28 Å². The molecule has 6 aromatic heterocycles. The maximum Gasteiger partial charge on any atom is 0.268 e. The van der Waals surface area contributed by atoms with Crippen molar-refractivity contribution in [3.05, 3.63) is 225 Å². The molecule has 580 valence electrons. The fourth-order valence-corrected chi connectivity index (χ4v) is 20.7. The minimum absolute atomic E-state index is 0.0524. The van der Waals surface area contributed by atoms with E-state index in [4.69, 9.17) is 11.6 Å². The molecule has 22 nitrogen and oxygen atoms in total. The van der Waals surface area contributed by atoms with Crippen molar-refractivity contribution in [2.24, 2.45) is 0 Å². The van der Waals surface area contributed by atoms with Gasteiger partial charge in [-0.1, -0.05) is 71.8 Å². The molecule has 111 heavy (non-hydrogen) atoms. The highest BCUT2D eigenvalue weighted by Crippen LogP contribution is 2.44. The van der Waals surface area contributed by atoms with Crippen LogP contribution in [0.25, 0.3) is 32.7 Å². The standard InChI is InChI=1S/C31H35N5O3S.C25H29N3O3S.C24H29N5O.C6H7ClN2/c1-22-9-11-26(12-10-22)40(38,39)36-17-13-27-25(6-4-7-28(27)36)21-35-29(37)8-5-14-31(35)15-18-34(19-16-31)30-32-23(2)20-24(3)33-30;1-19-7-9-21(10-8-19)32(30,31)28-17-11-22-20(4-2-5-23(22)28)18-27-24(29)6-3-12-25(27)13-15-26-16-14-25;1-17-15-18(2)27-23(26-17)28-13-10-24(11-14-28)9-4-7-22(30)29(24)16-19-5-3-6-21-20(19)8-12-25-21;1-4-3-5(2)9-6(7)8-4/h4,6-7,9-13,17,20H,5,8,14-16,18-19,21H2,1-3H3;2,4-5,7-11,17,26H,3,6,12-16,18H2,1H3;3,5-6,8,12,15,25H,4,7,9-11,13-14,16H2,1-2H3;3H,1-2H3. The third-order valence-electron chi connectivity index (χ3n) is 23.5. The number of likely N-dealkylation sites (tertiary alicyclic amines) is 3. The highest BCUT2D eigenvalue weighted by Gasteiger charge is 2.47. The Bertz CT molecular complexity index is 5390. The van der Waals surface area contributed by atoms with Gasteiger partial charge in [0, 0.05) is 156 Å². The van der Waals surface area contributed by atoms with Crippen molar-refractivity contribution in [1.82, 2.24) is 62.8 Å². The Hall–Kier alpha value is -9.88. The van der Waals surface area contributed by atoms with Crippen molar-refractivity contribution >= 4 is 94.0 Å². The van der Waals surface area contributed by atoms with Crippen LogP contribution in [0.5, 0.6) is 0 Å². The molecule has 5 aromatic carbocycles. The van der Waals surface area contributed by atoms with Crippen molar-refractivity contribution in [1.29, 1.82) is 0 Å². The monoisotopic (exact) mass is 1550 g/mol. The van der Waals surface area contributed by atoms with Gasteiger partial charge in [0.15, 0.2) is 0 Å². The molecule has 0 unspecified atom stereocenters. The number of aryl methyl sites for hydroxylation is 8. The summed E-state index contributed by atoms with van der Waals surface area (Å²) >= 11 is 5.53. The van der Waals surface area contributed by atoms with Gasteiger partial charge in [-0.25, -0.2) is 54.7 Å². The van der Waals surface area contributed by atoms with E-state index in [0.717, 1.165) is 201 Å². The van der Waals surface area contributed by atoms with Gasteiger partial charge >= 0.3 is 0 Å². The number of carbonyl (C=O) groups is 3. The van der Waals surface area contributed by atoms with E-state index in [0.29, 0.717) is 61.1 Å². The van der Waals surface area contributed by atoms with Crippen LogP contribution in [-0.4, -0.2) is 148 Å². The van der Waals surface area contributed by atoms with Crippen molar-refractivity contribution in [3.63, 3.8) is 0 Å². The lowest BCUT2D eigenvalue weighted by molar-refractivity contribution is -0.145. The number of amides is 3. The van der Waals surface area contributed by atoms with Crippen LogP contribution >= 0.6 is 11.6 Å². The van der Waals surface area contributed by atoms with Gasteiger partial charge in [-0.3, -0.25) is 14.4 Å². The maximum absolute atomic E-state index is 13.5. The average Bonchev–Trinajstić information content (AvgIpc) is 1.75. The summed E-state index contributed by atoms with van der Waals surface area (Å²) in [5.41, 5.74) is 13.0. The van der Waals surface area contributed by atoms with Gasteiger partial charge in [-0.15, -0.1) is 0 Å². The van der Waals surface area contributed by atoms with Crippen molar-refractivity contribution in [2.75, 3.05) is 49.1 Å². The van der Waals surface area contributed by atoms with Gasteiger partial charge in [0.2, 0.25) is 34.9 Å². The Kier molecular flexibility index (Phi) is 22.7. The summed E-state index contributed by atoms with van der Waals surface area (Å²) in [7, 11) is -7.45. The SMILES string of the molecule is Cc1cc(C)nc(Cl)n1.Cc1cc(C)nc(N2CCC3(CCCC(=O)N3Cc3cccc4[nH]ccc34)CC2)n1.Cc1ccc(S(=O)(=O)n2ccc3c(CN4C(=O)CCCC45CCN(c4nc(C)cc(C)n4)CC5)cccc32)cc1.Cc1ccc(S(=O)(=O)n2ccc3c(CN4C(=O)CCCC45CCNCC5)cccc32)cc1. The summed E-state index contributed by atoms with van der Waals surface area (Å²) in [6.45, 7) is 22.6. The lowest BCUT2D eigenvalue weighted by Gasteiger charge is -2.51. The Labute approximate surface area is 656 Å². The number of hydrogen-bond donors (Lipinski definition) is 2. The molecule has 6 fully saturated rings. The molecule has 3 spiro atoms. The van der Waals surface area contributed by atoms with Crippen LogP contribution in [0.3, 0.4) is 0 Å². The molecule has 12 heterocycles. The van der Waals surface area contributed by atoms with Gasteiger partial charge in [0.25, 0.3) is 20.0 Å². The molecule has 0 bridgehead atoms. The fourth-order valence-electron chi connectivity index (χ4n) is 17.7. The molecular formula is C86H100ClN15O7S2. The molecule has 6 aliphatic heterocycles. The van der Waals surface area contributed by atoms with Gasteiger partial charge in [-0.05, 0) is 253 Å². The third-order valence-corrected chi connectivity index (χ3v) is 27.1. The molecule has 0 saturated carbocycles. The zero-order valence-corrected chi connectivity index (χ0v) is 67.2. The number of benzene rings is 5. The first kappa shape index (κ1) is 77.8. The predicted molar refractivity (Wildman–Crippen MR) is 436 cm³/mol. The van der Waals surface area contributed by atoms with Crippen molar-refractivity contribution in [3.8, 4) is 0 Å². The van der Waals surface area contributed by atoms with Gasteiger partial charge in [0.1, 0.15) is 0 Å². The molecular weight excluding hydrogens is 1450 g/mol. The number of fused-ring (bicyclic) bond motifs is 3. The summed E-state index contributed by atoms with van der Waals surface area (Å²) in [6, 6.07) is 43.3. The van der Waals surface area contributed by atoms with E-state index in [9.17, 15) is 31.2 Å². The second kappa shape index (κ2) is 32.4. The summed E-state index contributed by atoms with van der Waals surface area (Å²) in [5, 5.41) is 6.69. The Balaban J connectivity index is 0.000000132. The first-order valence-corrected chi connectivity index (χ1v) is 42.2. The number of aromatic nitrogens is 9. The molecule has 6 saturated heterocycles. The van der Waals surface area contributed by atoms with Crippen LogP contribution in [0.15, 0.2) is 168 Å². The summed E-state index contributed by atoms with van der Waals surface area (Å²) in [6.07, 6.45) is 18.5. The Morgan fingerprint density at radius 3 is 1.14 bits per heavy atom. The number of nitrogens with zero attached hydrogens (tertiary/aromatic N) is 13. The Morgan fingerprint density at radius 1 is 0.405 bits per heavy atom. The normalized spacial score (nSPS) is 17.8. The van der Waals surface area contributed by atoms with Crippen LogP contribution in [0.1, 0.15) is 158 Å². The number of aromatic amines is 1. The predicted octanol–water partition coefficient (Wildman–Crippen LogP) is 14.8. The zero-order valence-electron chi connectivity index (χ0n) is 64.8. The van der Waals surface area contributed by atoms with Crippen LogP contribution < -0.4 is 15.1 Å². The van der Waals surface area contributed by atoms with Gasteiger partial charge in [0.05, 0.1) is 20.8 Å². The van der Waals surface area contributed by atoms with Crippen LogP contribution in [0, 0.1) is 55.4 Å². The molecule has 0 aliphatic carbocycles. The second-order valence-electron chi connectivity index (χ2n) is 31.1. The van der Waals surface area contributed by atoms with E-state index < -0.39 is 20.0 Å². The minimum atomic E-state index is -3.75. The average molecular weight is 1560 g/mol. The summed E-state index contributed by atoms with van der Waals surface area (Å²) in [5.74, 6) is 2.27. The highest BCUT2D eigenvalue weighted by atomic mass is 35.5. The van der Waals surface area contributed by atoms with Crippen LogP contribution in [0.4, 0.5) is 11.9 Å². The first-order chi connectivity index (χ1) is 53.3. The van der Waals surface area contributed by atoms with Crippen molar-refractivity contribution < 1.29 is 31.2 Å². The smallest absolute Gasteiger partial charge is 0.268 e. The number of piperidine rings is 6. The van der Waals surface area contributed by atoms with E-state index in [1.54, 1.807) is 36.7 Å². The van der Waals surface area contributed by atoms with Crippen molar-refractivity contribution in [2.45, 2.75) is 198 Å². The van der Waals surface area contributed by atoms with E-state index in [-0.39, 0.29) is 38.2 Å². The number of halogens is 1. The van der Waals surface area contributed by atoms with Gasteiger partial charge in [-0.2, -0.15) is 0 Å². The van der Waals surface area contributed by atoms with E-state index in [1.165, 1.54) is 18.9 Å². The fraction of sp³-hybridized carbons (Fsp3) is 0.407. The molecule has 6 aliphatic rings. The number of carbonyl (C=O) groups excluding carboxylic acids is 3. The topological polar surface area (TPSA) is 251 Å². The molecule has 0 radical (unpaired) electrons. The minimum Gasteiger partial charge on any atom is -0.361 e. The summed E-state index contributed by atoms with van der Waals surface area (Å²) < 4.78 is 56.3. The van der Waals surface area contributed by atoms with Crippen LogP contribution in [-0.2, 0) is 54.1 Å². The number of hydrogen-bond acceptors (Lipinski definition) is 16. The van der Waals surface area contributed by atoms with E-state index in [1.807, 2.05) is 153 Å². The summed E-state index contributed by atoms with van der Waals surface area (Å²) in [4.78, 5) is 80.6. The first-order valence-electron chi connectivity index (χ1n) is 38.9. The highest BCUT2D eigenvalue weighted by molar-refractivity contribution is 7.90. The number of anilines is 2. The molecule has 11 aromatic rings. The lowest BCUT2D eigenvalue weighted by atomic mass is 9.78. The maximum atomic E-state index is 13.5. The largest absolute Gasteiger partial charge is 0.361 e. The molecule has 2 N–H and O–H groups in total. The number of rotatable bonds is 12.